The molecule has 0 fully saturated rings. The van der Waals surface area contributed by atoms with Gasteiger partial charge in [-0.1, -0.05) is 172 Å². The summed E-state index contributed by atoms with van der Waals surface area (Å²) in [5.74, 6) is 0. The van der Waals surface area contributed by atoms with Crippen LogP contribution in [0, 0.1) is 0 Å². The highest BCUT2D eigenvalue weighted by Gasteiger charge is 2.36. The molecule has 0 aromatic heterocycles. The van der Waals surface area contributed by atoms with Crippen LogP contribution < -0.4 is 4.90 Å². The minimum absolute atomic E-state index is 0.159. The average Bonchev–Trinajstić information content (AvgIpc) is 3.44. The van der Waals surface area contributed by atoms with Gasteiger partial charge < -0.3 is 4.90 Å². The maximum absolute atomic E-state index is 2.42. The Morgan fingerprint density at radius 3 is 1.33 bits per heavy atom. The summed E-state index contributed by atoms with van der Waals surface area (Å²) in [4.78, 5) is 2.41. The van der Waals surface area contributed by atoms with Crippen LogP contribution in [0.25, 0.3) is 55.6 Å². The first-order valence-corrected chi connectivity index (χ1v) is 18.1. The van der Waals surface area contributed by atoms with Crippen molar-refractivity contribution in [1.82, 2.24) is 0 Å². The van der Waals surface area contributed by atoms with Gasteiger partial charge in [0.05, 0.1) is 0 Å². The second-order valence-corrected chi connectivity index (χ2v) is 14.2. The Labute approximate surface area is 307 Å². The van der Waals surface area contributed by atoms with Gasteiger partial charge in [-0.15, -0.1) is 0 Å². The van der Waals surface area contributed by atoms with Crippen LogP contribution in [0.5, 0.6) is 0 Å². The summed E-state index contributed by atoms with van der Waals surface area (Å²) >= 11 is 0. The smallest absolute Gasteiger partial charge is 0.0467 e. The van der Waals surface area contributed by atoms with E-state index < -0.39 is 0 Å². The van der Waals surface area contributed by atoms with Gasteiger partial charge in [-0.2, -0.15) is 0 Å². The summed E-state index contributed by atoms with van der Waals surface area (Å²) in [5, 5.41) is 0. The predicted molar refractivity (Wildman–Crippen MR) is 220 cm³/mol. The predicted octanol–water partition coefficient (Wildman–Crippen LogP) is 14.1. The monoisotopic (exact) mass is 665 g/mol. The fraction of sp³-hybridized carbons (Fsp3) is 0.0588. The van der Waals surface area contributed by atoms with Gasteiger partial charge in [0.2, 0.25) is 0 Å². The maximum Gasteiger partial charge on any atom is 0.0467 e. The molecule has 248 valence electrons. The normalized spacial score (nSPS) is 12.6. The van der Waals surface area contributed by atoms with Gasteiger partial charge in [0.15, 0.2) is 0 Å². The molecule has 9 rings (SSSR count). The molecule has 0 amide bonds. The number of rotatable bonds is 7. The lowest BCUT2D eigenvalue weighted by Gasteiger charge is -2.28. The molecule has 0 aliphatic heterocycles. The van der Waals surface area contributed by atoms with E-state index in [2.05, 4.69) is 219 Å². The molecule has 0 spiro atoms. The lowest BCUT2D eigenvalue weighted by atomic mass is 9.81. The third-order valence-electron chi connectivity index (χ3n) is 10.7. The summed E-state index contributed by atoms with van der Waals surface area (Å²) in [6.07, 6.45) is 0. The summed E-state index contributed by atoms with van der Waals surface area (Å²) in [6.45, 7) is 4.74. The van der Waals surface area contributed by atoms with E-state index in [-0.39, 0.29) is 5.41 Å². The second kappa shape index (κ2) is 13.0. The molecule has 0 N–H and O–H groups in total. The molecular formula is C51H39N. The molecule has 0 heterocycles. The van der Waals surface area contributed by atoms with Crippen molar-refractivity contribution >= 4 is 17.1 Å². The number of anilines is 3. The Bertz CT molecular complexity index is 2510. The van der Waals surface area contributed by atoms with Crippen molar-refractivity contribution in [2.45, 2.75) is 19.3 Å². The molecule has 1 aliphatic rings. The zero-order chi connectivity index (χ0) is 35.1. The average molecular weight is 666 g/mol. The van der Waals surface area contributed by atoms with E-state index in [0.29, 0.717) is 0 Å². The molecule has 1 aliphatic carbocycles. The minimum Gasteiger partial charge on any atom is -0.310 e. The largest absolute Gasteiger partial charge is 0.310 e. The van der Waals surface area contributed by atoms with E-state index >= 15 is 0 Å². The molecule has 1 nitrogen and oxygen atoms in total. The summed E-state index contributed by atoms with van der Waals surface area (Å²) in [6, 6.07) is 72.7. The summed E-state index contributed by atoms with van der Waals surface area (Å²) in [7, 11) is 0. The van der Waals surface area contributed by atoms with Crippen LogP contribution in [-0.2, 0) is 5.41 Å². The van der Waals surface area contributed by atoms with E-state index in [9.17, 15) is 0 Å². The lowest BCUT2D eigenvalue weighted by Crippen LogP contribution is -2.16. The van der Waals surface area contributed by atoms with Crippen LogP contribution in [0.3, 0.4) is 0 Å². The molecule has 52 heavy (non-hydrogen) atoms. The quantitative estimate of drug-likeness (QED) is 0.164. The molecule has 0 saturated heterocycles. The molecule has 0 saturated carbocycles. The second-order valence-electron chi connectivity index (χ2n) is 14.2. The standard InChI is InChI=1S/C51H39N/c1-51(2)49-34-41(37-17-8-4-9-18-37)27-31-47(49)48-32-30-44(35-50(48)51)52(43-22-14-21-40(33-43)36-15-6-3-7-16-36)42-28-25-39(26-29-42)46-24-13-12-23-45(46)38-19-10-5-11-20-38/h3-35H,1-2H3. The van der Waals surface area contributed by atoms with Crippen molar-refractivity contribution in [2.75, 3.05) is 4.90 Å². The summed E-state index contributed by atoms with van der Waals surface area (Å²) < 4.78 is 0. The lowest BCUT2D eigenvalue weighted by molar-refractivity contribution is 0.660. The molecule has 8 aromatic carbocycles. The van der Waals surface area contributed by atoms with Crippen molar-refractivity contribution in [1.29, 1.82) is 0 Å². The zero-order valence-electron chi connectivity index (χ0n) is 29.5. The Hall–Kier alpha value is -6.44. The first-order chi connectivity index (χ1) is 25.5. The van der Waals surface area contributed by atoms with E-state index in [0.717, 1.165) is 17.1 Å². The molecule has 0 bridgehead atoms. The summed E-state index contributed by atoms with van der Waals surface area (Å²) in [5.41, 5.74) is 18.4. The maximum atomic E-state index is 2.42. The highest BCUT2D eigenvalue weighted by molar-refractivity contribution is 5.89. The number of nitrogens with zero attached hydrogens (tertiary/aromatic N) is 1. The molecule has 0 radical (unpaired) electrons. The minimum atomic E-state index is -0.159. The fourth-order valence-electron chi connectivity index (χ4n) is 7.97. The van der Waals surface area contributed by atoms with Crippen LogP contribution in [-0.4, -0.2) is 0 Å². The van der Waals surface area contributed by atoms with Gasteiger partial charge in [-0.3, -0.25) is 0 Å². The van der Waals surface area contributed by atoms with E-state index in [1.54, 1.807) is 0 Å². The highest BCUT2D eigenvalue weighted by atomic mass is 15.1. The number of fused-ring (bicyclic) bond motifs is 3. The van der Waals surface area contributed by atoms with Gasteiger partial charge in [0, 0.05) is 22.5 Å². The first kappa shape index (κ1) is 31.5. The van der Waals surface area contributed by atoms with Crippen molar-refractivity contribution in [3.05, 3.63) is 211 Å². The van der Waals surface area contributed by atoms with Crippen molar-refractivity contribution in [2.24, 2.45) is 0 Å². The van der Waals surface area contributed by atoms with Crippen LogP contribution >= 0.6 is 0 Å². The Morgan fingerprint density at radius 1 is 0.288 bits per heavy atom. The van der Waals surface area contributed by atoms with Gasteiger partial charge in [0.1, 0.15) is 0 Å². The molecule has 8 aromatic rings. The zero-order valence-corrected chi connectivity index (χ0v) is 29.5. The fourth-order valence-corrected chi connectivity index (χ4v) is 7.97. The number of benzene rings is 8. The molecule has 0 atom stereocenters. The molecule has 1 heteroatoms. The third kappa shape index (κ3) is 5.61. The Balaban J connectivity index is 1.15. The van der Waals surface area contributed by atoms with Crippen LogP contribution in [0.4, 0.5) is 17.1 Å². The van der Waals surface area contributed by atoms with E-state index in [1.165, 1.54) is 66.8 Å². The van der Waals surface area contributed by atoms with Crippen molar-refractivity contribution in [3.8, 4) is 55.6 Å². The van der Waals surface area contributed by atoms with Gasteiger partial charge in [-0.25, -0.2) is 0 Å². The first-order valence-electron chi connectivity index (χ1n) is 18.1. The number of hydrogen-bond donors (Lipinski definition) is 0. The molecular weight excluding hydrogens is 627 g/mol. The van der Waals surface area contributed by atoms with Gasteiger partial charge >= 0.3 is 0 Å². The van der Waals surface area contributed by atoms with Gasteiger partial charge in [0.25, 0.3) is 0 Å². The van der Waals surface area contributed by atoms with Crippen LogP contribution in [0.1, 0.15) is 25.0 Å². The van der Waals surface area contributed by atoms with Crippen LogP contribution in [0.2, 0.25) is 0 Å². The topological polar surface area (TPSA) is 3.24 Å². The van der Waals surface area contributed by atoms with E-state index in [1.807, 2.05) is 0 Å². The van der Waals surface area contributed by atoms with Crippen LogP contribution in [0.15, 0.2) is 200 Å². The van der Waals surface area contributed by atoms with Crippen molar-refractivity contribution in [3.63, 3.8) is 0 Å². The SMILES string of the molecule is CC1(C)c2cc(-c3ccccc3)ccc2-c2ccc(N(c3ccc(-c4ccccc4-c4ccccc4)cc3)c3cccc(-c4ccccc4)c3)cc21. The third-order valence-corrected chi connectivity index (χ3v) is 10.7. The van der Waals surface area contributed by atoms with Gasteiger partial charge in [-0.05, 0) is 109 Å². The van der Waals surface area contributed by atoms with E-state index in [4.69, 9.17) is 0 Å². The highest BCUT2D eigenvalue weighted by Crippen LogP contribution is 2.52. The number of hydrogen-bond acceptors (Lipinski definition) is 1. The Kier molecular flexibility index (Phi) is 7.90. The molecule has 0 unspecified atom stereocenters. The Morgan fingerprint density at radius 2 is 0.712 bits per heavy atom. The van der Waals surface area contributed by atoms with Crippen molar-refractivity contribution < 1.29 is 0 Å².